The first-order valence-corrected chi connectivity index (χ1v) is 33.9. The highest BCUT2D eigenvalue weighted by atomic mass is 16.7. The molecule has 6 N–H and O–H groups in total. The number of carbonyl (C=O) groups excluding carboxylic acids is 2. The minimum absolute atomic E-state index is 0.116. The van der Waals surface area contributed by atoms with E-state index in [1.807, 2.05) is 6.08 Å². The molecular formula is C71H125NO10. The zero-order valence-electron chi connectivity index (χ0n) is 52.6. The van der Waals surface area contributed by atoms with Crippen molar-refractivity contribution in [3.8, 4) is 0 Å². The number of allylic oxidation sites excluding steroid dienone is 13. The molecule has 82 heavy (non-hydrogen) atoms. The maximum absolute atomic E-state index is 13.4. The van der Waals surface area contributed by atoms with Gasteiger partial charge in [0.25, 0.3) is 0 Å². The summed E-state index contributed by atoms with van der Waals surface area (Å²) in [4.78, 5) is 26.6. The Hall–Kier alpha value is -3.16. The molecule has 0 aliphatic carbocycles. The highest BCUT2D eigenvalue weighted by Gasteiger charge is 2.47. The lowest BCUT2D eigenvalue weighted by Crippen LogP contribution is -2.61. The normalized spacial score (nSPS) is 19.1. The number of unbranched alkanes of at least 4 members (excludes halogenated alkanes) is 31. The number of hydrogen-bond donors (Lipinski definition) is 6. The maximum atomic E-state index is 13.4. The van der Waals surface area contributed by atoms with Gasteiger partial charge in [0.1, 0.15) is 24.4 Å². The molecule has 11 heteroatoms. The van der Waals surface area contributed by atoms with Gasteiger partial charge in [0.2, 0.25) is 5.91 Å². The molecule has 1 aliphatic rings. The number of aliphatic hydroxyl groups excluding tert-OH is 5. The number of ether oxygens (including phenoxy) is 3. The summed E-state index contributed by atoms with van der Waals surface area (Å²) in [6.07, 6.45) is 66.2. The standard InChI is InChI=1S/C71H125NO10/c1-4-7-10-13-16-19-22-25-27-29-30-31-32-33-34-35-36-37-39-41-44-47-50-53-56-59-66(76)82-69-68(78)67(77)65(60-73)81-71(69)80-61-62(63(74)57-54-51-48-45-42-24-21-18-15-12-9-6-3)72-70(79)64(75)58-55-52-49-46-43-40-38-28-26-23-20-17-14-11-8-5-2/h16-17,19-20,25-28,30-31,40,43,54,57,62-65,67-69,71,73-75,77-78H,4-15,18,21-24,29,32-39,41-42,44-53,55-56,58-61H2,1-3H3,(H,72,79)/b19-16-,20-17-,27-25-,28-26-,31-30-,43-40-,57-54+. The van der Waals surface area contributed by atoms with E-state index in [2.05, 4.69) is 99.0 Å². The lowest BCUT2D eigenvalue weighted by atomic mass is 9.99. The van der Waals surface area contributed by atoms with Crippen LogP contribution in [0.5, 0.6) is 0 Å². The van der Waals surface area contributed by atoms with Gasteiger partial charge in [-0.15, -0.1) is 0 Å². The molecule has 1 rings (SSSR count). The average molecular weight is 1150 g/mol. The Morgan fingerprint density at radius 3 is 1.28 bits per heavy atom. The molecule has 1 saturated heterocycles. The van der Waals surface area contributed by atoms with E-state index in [1.165, 1.54) is 154 Å². The third kappa shape index (κ3) is 45.2. The monoisotopic (exact) mass is 1150 g/mol. The molecule has 8 unspecified atom stereocenters. The number of amides is 1. The second-order valence-electron chi connectivity index (χ2n) is 23.2. The molecule has 1 heterocycles. The summed E-state index contributed by atoms with van der Waals surface area (Å²) >= 11 is 0. The third-order valence-corrected chi connectivity index (χ3v) is 15.5. The summed E-state index contributed by atoms with van der Waals surface area (Å²) in [5.74, 6) is -1.22. The van der Waals surface area contributed by atoms with Gasteiger partial charge in [-0.25, -0.2) is 0 Å². The van der Waals surface area contributed by atoms with Crippen molar-refractivity contribution >= 4 is 11.9 Å². The molecule has 0 radical (unpaired) electrons. The molecular weight excluding hydrogens is 1030 g/mol. The Bertz CT molecular complexity index is 1660. The fraction of sp³-hybridized carbons (Fsp3) is 0.775. The molecule has 0 bridgehead atoms. The van der Waals surface area contributed by atoms with Gasteiger partial charge >= 0.3 is 5.97 Å². The van der Waals surface area contributed by atoms with Crippen LogP contribution in [0.25, 0.3) is 0 Å². The molecule has 1 amide bonds. The fourth-order valence-corrected chi connectivity index (χ4v) is 10.1. The predicted octanol–water partition coefficient (Wildman–Crippen LogP) is 16.9. The molecule has 0 spiro atoms. The number of aliphatic hydroxyl groups is 5. The number of carbonyl (C=O) groups is 2. The van der Waals surface area contributed by atoms with Crippen LogP contribution in [0.2, 0.25) is 0 Å². The van der Waals surface area contributed by atoms with Crippen LogP contribution in [0.3, 0.4) is 0 Å². The number of nitrogens with one attached hydrogen (secondary N) is 1. The number of rotatable bonds is 57. The van der Waals surface area contributed by atoms with Gasteiger partial charge in [0.05, 0.1) is 25.4 Å². The molecule has 0 saturated carbocycles. The third-order valence-electron chi connectivity index (χ3n) is 15.5. The summed E-state index contributed by atoms with van der Waals surface area (Å²) in [5, 5.41) is 57.1. The summed E-state index contributed by atoms with van der Waals surface area (Å²) in [7, 11) is 0. The van der Waals surface area contributed by atoms with Crippen molar-refractivity contribution in [1.29, 1.82) is 0 Å². The summed E-state index contributed by atoms with van der Waals surface area (Å²) in [6.45, 7) is 5.73. The molecule has 8 atom stereocenters. The Labute approximate surface area is 502 Å². The molecule has 0 aromatic heterocycles. The van der Waals surface area contributed by atoms with Crippen LogP contribution >= 0.6 is 0 Å². The van der Waals surface area contributed by atoms with E-state index >= 15 is 0 Å². The van der Waals surface area contributed by atoms with Crippen LogP contribution in [-0.2, 0) is 23.8 Å². The zero-order chi connectivity index (χ0) is 59.6. The van der Waals surface area contributed by atoms with Crippen LogP contribution < -0.4 is 5.32 Å². The fourth-order valence-electron chi connectivity index (χ4n) is 10.1. The molecule has 11 nitrogen and oxygen atoms in total. The molecule has 474 valence electrons. The molecule has 1 aliphatic heterocycles. The maximum Gasteiger partial charge on any atom is 0.306 e. The minimum Gasteiger partial charge on any atom is -0.454 e. The van der Waals surface area contributed by atoms with Gasteiger partial charge in [-0.2, -0.15) is 0 Å². The highest BCUT2D eigenvalue weighted by molar-refractivity contribution is 5.80. The van der Waals surface area contributed by atoms with Crippen LogP contribution in [0.1, 0.15) is 290 Å². The Kier molecular flexibility index (Phi) is 54.6. The van der Waals surface area contributed by atoms with Crippen molar-refractivity contribution in [2.24, 2.45) is 0 Å². The zero-order valence-corrected chi connectivity index (χ0v) is 52.6. The smallest absolute Gasteiger partial charge is 0.306 e. The Morgan fingerprint density at radius 2 is 0.841 bits per heavy atom. The first-order chi connectivity index (χ1) is 40.2. The first-order valence-electron chi connectivity index (χ1n) is 33.9. The number of esters is 1. The van der Waals surface area contributed by atoms with Gasteiger partial charge in [-0.3, -0.25) is 9.59 Å². The lowest BCUT2D eigenvalue weighted by Gasteiger charge is -2.41. The minimum atomic E-state index is -1.62. The van der Waals surface area contributed by atoms with Crippen molar-refractivity contribution in [2.75, 3.05) is 13.2 Å². The summed E-state index contributed by atoms with van der Waals surface area (Å²) < 4.78 is 17.7. The van der Waals surface area contributed by atoms with E-state index in [4.69, 9.17) is 14.2 Å². The lowest BCUT2D eigenvalue weighted by molar-refractivity contribution is -0.305. The largest absolute Gasteiger partial charge is 0.454 e. The van der Waals surface area contributed by atoms with Crippen molar-refractivity contribution in [3.05, 3.63) is 85.1 Å². The van der Waals surface area contributed by atoms with Crippen LogP contribution in [0, 0.1) is 0 Å². The number of hydrogen-bond acceptors (Lipinski definition) is 10. The first kappa shape index (κ1) is 76.9. The van der Waals surface area contributed by atoms with Gasteiger partial charge in [-0.1, -0.05) is 266 Å². The van der Waals surface area contributed by atoms with Crippen LogP contribution in [0.15, 0.2) is 85.1 Å². The van der Waals surface area contributed by atoms with Crippen LogP contribution in [-0.4, -0.2) is 99.6 Å². The predicted molar refractivity (Wildman–Crippen MR) is 342 cm³/mol. The van der Waals surface area contributed by atoms with Gasteiger partial charge in [-0.05, 0) is 103 Å². The van der Waals surface area contributed by atoms with Gasteiger partial charge in [0, 0.05) is 6.42 Å². The topological polar surface area (TPSA) is 175 Å². The van der Waals surface area contributed by atoms with E-state index in [9.17, 15) is 35.1 Å². The van der Waals surface area contributed by atoms with E-state index in [0.29, 0.717) is 12.8 Å². The average Bonchev–Trinajstić information content (AvgIpc) is 3.56. The van der Waals surface area contributed by atoms with Crippen LogP contribution in [0.4, 0.5) is 0 Å². The SMILES string of the molecule is CCCCC/C=C\C/C=C\C/C=C\CCCCCCCCCCCCCCC(=O)OC1C(OCC(NC(=O)C(O)CCCCC/C=C\C/C=C\C/C=C\CCCCC)C(O)/C=C/CCCCCCCCCCCC)OC(CO)C(O)C1O. The van der Waals surface area contributed by atoms with Gasteiger partial charge in [0.15, 0.2) is 12.4 Å². The van der Waals surface area contributed by atoms with Crippen molar-refractivity contribution < 1.29 is 49.3 Å². The van der Waals surface area contributed by atoms with Crippen molar-refractivity contribution in [3.63, 3.8) is 0 Å². The summed E-state index contributed by atoms with van der Waals surface area (Å²) in [5.41, 5.74) is 0. The molecule has 0 aromatic carbocycles. The quantitative estimate of drug-likeness (QED) is 0.0195. The van der Waals surface area contributed by atoms with Crippen molar-refractivity contribution in [1.82, 2.24) is 5.32 Å². The molecule has 1 fully saturated rings. The van der Waals surface area contributed by atoms with E-state index in [1.54, 1.807) is 6.08 Å². The van der Waals surface area contributed by atoms with E-state index < -0.39 is 67.4 Å². The van der Waals surface area contributed by atoms with Gasteiger partial charge < -0.3 is 45.1 Å². The summed E-state index contributed by atoms with van der Waals surface area (Å²) in [6, 6.07) is -1.04. The second-order valence-corrected chi connectivity index (χ2v) is 23.2. The van der Waals surface area contributed by atoms with E-state index in [-0.39, 0.29) is 19.4 Å². The molecule has 0 aromatic rings. The highest BCUT2D eigenvalue weighted by Crippen LogP contribution is 2.26. The Morgan fingerprint density at radius 1 is 0.476 bits per heavy atom. The Balaban J connectivity index is 2.60. The second kappa shape index (κ2) is 58.2. The van der Waals surface area contributed by atoms with E-state index in [0.717, 1.165) is 89.9 Å². The van der Waals surface area contributed by atoms with Crippen molar-refractivity contribution in [2.45, 2.75) is 339 Å².